The molecule has 2 aromatic heterocycles. The summed E-state index contributed by atoms with van der Waals surface area (Å²) in [7, 11) is 0. The number of hydrogen-bond donors (Lipinski definition) is 1. The average Bonchev–Trinajstić information content (AvgIpc) is 3.05. The van der Waals surface area contributed by atoms with Crippen LogP contribution in [-0.2, 0) is 10.2 Å². The lowest BCUT2D eigenvalue weighted by molar-refractivity contribution is 0.0162. The molecule has 3 heterocycles. The van der Waals surface area contributed by atoms with E-state index in [1.807, 2.05) is 20.8 Å². The van der Waals surface area contributed by atoms with Crippen molar-refractivity contribution < 1.29 is 9.53 Å². The number of rotatable bonds is 0. The minimum Gasteiger partial charge on any atom is -0.444 e. The molecule has 1 aliphatic carbocycles. The number of ether oxygens (including phenoxy) is 1. The zero-order valence-corrected chi connectivity index (χ0v) is 17.6. The van der Waals surface area contributed by atoms with E-state index < -0.39 is 5.60 Å². The van der Waals surface area contributed by atoms with E-state index in [0.717, 1.165) is 30.5 Å². The van der Waals surface area contributed by atoms with E-state index in [9.17, 15) is 9.59 Å². The quantitative estimate of drug-likeness (QED) is 0.683. The van der Waals surface area contributed by atoms with Crippen LogP contribution in [0.2, 0.25) is 0 Å². The molecule has 2 aromatic rings. The van der Waals surface area contributed by atoms with E-state index in [4.69, 9.17) is 4.74 Å². The molecule has 1 amide bonds. The largest absolute Gasteiger partial charge is 0.444 e. The molecule has 9 heteroatoms. The number of amides is 1. The first-order valence-electron chi connectivity index (χ1n) is 9.26. The van der Waals surface area contributed by atoms with Crippen LogP contribution in [0.3, 0.4) is 0 Å². The van der Waals surface area contributed by atoms with Crippen molar-refractivity contribution >= 4 is 27.8 Å². The highest BCUT2D eigenvalue weighted by Crippen LogP contribution is 2.49. The van der Waals surface area contributed by atoms with Crippen LogP contribution in [0.4, 0.5) is 4.79 Å². The van der Waals surface area contributed by atoms with E-state index in [1.54, 1.807) is 4.90 Å². The highest BCUT2D eigenvalue weighted by molar-refractivity contribution is 9.10. The number of aromatic nitrogens is 4. The van der Waals surface area contributed by atoms with E-state index in [0.29, 0.717) is 23.6 Å². The summed E-state index contributed by atoms with van der Waals surface area (Å²) in [5.74, 6) is 0.696. The van der Waals surface area contributed by atoms with Crippen molar-refractivity contribution in [1.82, 2.24) is 24.5 Å². The van der Waals surface area contributed by atoms with Crippen molar-refractivity contribution in [1.29, 1.82) is 0 Å². The second-order valence-corrected chi connectivity index (χ2v) is 9.40. The van der Waals surface area contributed by atoms with Gasteiger partial charge in [-0.05, 0) is 61.9 Å². The van der Waals surface area contributed by atoms with Crippen LogP contribution in [-0.4, -0.2) is 49.3 Å². The van der Waals surface area contributed by atoms with Gasteiger partial charge in [0.05, 0.1) is 0 Å². The molecule has 0 aromatic carbocycles. The standard InChI is InChI=1S/C18H24BrN5O3/c1-10-9-18(5-7-23(8-6-18)16(26)27-17(2,3)4)11-12(10)20-15-21-14(19)22-24(15)13(11)25/h10H,5-9H2,1-4H3,(H,20,21,22)/t10-/m1/s1. The lowest BCUT2D eigenvalue weighted by atomic mass is 9.74. The minimum atomic E-state index is -0.510. The maximum Gasteiger partial charge on any atom is 0.410 e. The normalized spacial score (nSPS) is 21.7. The maximum absolute atomic E-state index is 13.2. The molecule has 1 saturated heterocycles. The fourth-order valence-electron chi connectivity index (χ4n) is 4.48. The molecule has 0 saturated carbocycles. The summed E-state index contributed by atoms with van der Waals surface area (Å²) in [6.45, 7) is 8.90. The molecular weight excluding hydrogens is 414 g/mol. The molecule has 1 atom stereocenters. The van der Waals surface area contributed by atoms with Crippen LogP contribution in [0, 0.1) is 0 Å². The third-order valence-electron chi connectivity index (χ3n) is 5.60. The Morgan fingerprint density at radius 2 is 2.00 bits per heavy atom. The molecule has 146 valence electrons. The van der Waals surface area contributed by atoms with Crippen LogP contribution in [0.1, 0.15) is 64.1 Å². The van der Waals surface area contributed by atoms with Gasteiger partial charge in [0, 0.05) is 29.8 Å². The molecule has 2 aliphatic rings. The van der Waals surface area contributed by atoms with Gasteiger partial charge in [0.25, 0.3) is 5.56 Å². The second kappa shape index (κ2) is 6.05. The number of fused-ring (bicyclic) bond motifs is 3. The Bertz CT molecular complexity index is 966. The van der Waals surface area contributed by atoms with Crippen molar-refractivity contribution in [2.45, 2.75) is 63.9 Å². The first-order valence-corrected chi connectivity index (χ1v) is 10.1. The van der Waals surface area contributed by atoms with Gasteiger partial charge in [-0.3, -0.25) is 4.79 Å². The van der Waals surface area contributed by atoms with Gasteiger partial charge >= 0.3 is 6.09 Å². The molecule has 0 unspecified atom stereocenters. The number of H-pyrrole nitrogens is 1. The molecule has 1 fully saturated rings. The summed E-state index contributed by atoms with van der Waals surface area (Å²) in [5, 5.41) is 4.17. The molecule has 1 spiro atoms. The Morgan fingerprint density at radius 3 is 2.63 bits per heavy atom. The van der Waals surface area contributed by atoms with Crippen molar-refractivity contribution in [3.8, 4) is 0 Å². The summed E-state index contributed by atoms with van der Waals surface area (Å²) in [4.78, 5) is 34.8. The van der Waals surface area contributed by atoms with Crippen molar-refractivity contribution in [2.75, 3.05) is 13.1 Å². The summed E-state index contributed by atoms with van der Waals surface area (Å²) in [5.41, 5.74) is 0.922. The summed E-state index contributed by atoms with van der Waals surface area (Å²) in [6, 6.07) is 0. The first kappa shape index (κ1) is 18.5. The van der Waals surface area contributed by atoms with Gasteiger partial charge < -0.3 is 14.6 Å². The zero-order chi connectivity index (χ0) is 19.6. The number of likely N-dealkylation sites (tertiary alicyclic amines) is 1. The topological polar surface area (TPSA) is 92.6 Å². The highest BCUT2D eigenvalue weighted by Gasteiger charge is 2.48. The predicted octanol–water partition coefficient (Wildman–Crippen LogP) is 2.96. The van der Waals surface area contributed by atoms with Gasteiger partial charge in [0.2, 0.25) is 10.5 Å². The average molecular weight is 438 g/mol. The SMILES string of the molecule is C[C@@H]1CC2(CCN(C(=O)OC(C)(C)C)CC2)c2c1[nH]c1nc(Br)nn1c2=O. The third kappa shape index (κ3) is 3.05. The molecular formula is C18H24BrN5O3. The van der Waals surface area contributed by atoms with Crippen LogP contribution in [0.5, 0.6) is 0 Å². The summed E-state index contributed by atoms with van der Waals surface area (Å²) in [6.07, 6.45) is 2.10. The van der Waals surface area contributed by atoms with Crippen LogP contribution in [0.15, 0.2) is 9.53 Å². The Kier molecular flexibility index (Phi) is 4.14. The van der Waals surface area contributed by atoms with E-state index in [-0.39, 0.29) is 23.0 Å². The van der Waals surface area contributed by atoms with E-state index >= 15 is 0 Å². The van der Waals surface area contributed by atoms with E-state index in [1.165, 1.54) is 4.52 Å². The smallest absolute Gasteiger partial charge is 0.410 e. The molecule has 4 rings (SSSR count). The van der Waals surface area contributed by atoms with Gasteiger partial charge in [0.15, 0.2) is 0 Å². The zero-order valence-electron chi connectivity index (χ0n) is 16.0. The molecule has 27 heavy (non-hydrogen) atoms. The Hall–Kier alpha value is -1.90. The highest BCUT2D eigenvalue weighted by atomic mass is 79.9. The fraction of sp³-hybridized carbons (Fsp3) is 0.667. The molecule has 0 radical (unpaired) electrons. The maximum atomic E-state index is 13.2. The van der Waals surface area contributed by atoms with E-state index in [2.05, 4.69) is 37.9 Å². The van der Waals surface area contributed by atoms with Crippen LogP contribution >= 0.6 is 15.9 Å². The van der Waals surface area contributed by atoms with Crippen LogP contribution < -0.4 is 5.56 Å². The molecule has 1 N–H and O–H groups in total. The number of carbonyl (C=O) groups is 1. The number of piperidine rings is 1. The number of aromatic amines is 1. The molecule has 8 nitrogen and oxygen atoms in total. The monoisotopic (exact) mass is 437 g/mol. The first-order chi connectivity index (χ1) is 12.6. The number of nitrogens with zero attached hydrogens (tertiary/aromatic N) is 4. The van der Waals surface area contributed by atoms with Crippen molar-refractivity contribution in [3.05, 3.63) is 26.3 Å². The Labute approximate surface area is 165 Å². The lowest BCUT2D eigenvalue weighted by Gasteiger charge is -2.40. The predicted molar refractivity (Wildman–Crippen MR) is 103 cm³/mol. The Balaban J connectivity index is 1.65. The number of hydrogen-bond acceptors (Lipinski definition) is 5. The van der Waals surface area contributed by atoms with Crippen LogP contribution in [0.25, 0.3) is 5.78 Å². The van der Waals surface area contributed by atoms with Gasteiger partial charge in [-0.25, -0.2) is 4.79 Å². The van der Waals surface area contributed by atoms with Crippen molar-refractivity contribution in [2.24, 2.45) is 0 Å². The molecule has 1 aliphatic heterocycles. The fourth-order valence-corrected chi connectivity index (χ4v) is 4.81. The number of halogens is 1. The van der Waals surface area contributed by atoms with Gasteiger partial charge in [0.1, 0.15) is 5.60 Å². The number of nitrogens with one attached hydrogen (secondary N) is 1. The lowest BCUT2D eigenvalue weighted by Crippen LogP contribution is -2.47. The van der Waals surface area contributed by atoms with Gasteiger partial charge in [-0.1, -0.05) is 6.92 Å². The number of carbonyl (C=O) groups excluding carboxylic acids is 1. The second-order valence-electron chi connectivity index (χ2n) is 8.69. The Morgan fingerprint density at radius 1 is 1.33 bits per heavy atom. The van der Waals surface area contributed by atoms with Crippen molar-refractivity contribution in [3.63, 3.8) is 0 Å². The summed E-state index contributed by atoms with van der Waals surface area (Å²) < 4.78 is 7.22. The minimum absolute atomic E-state index is 0.105. The molecule has 0 bridgehead atoms. The van der Waals surface area contributed by atoms with Gasteiger partial charge in [-0.15, -0.1) is 5.10 Å². The summed E-state index contributed by atoms with van der Waals surface area (Å²) >= 11 is 3.24. The van der Waals surface area contributed by atoms with Gasteiger partial charge in [-0.2, -0.15) is 9.50 Å². The third-order valence-corrected chi connectivity index (χ3v) is 5.93.